The van der Waals surface area contributed by atoms with E-state index in [2.05, 4.69) is 26.6 Å². The number of benzene rings is 1. The Bertz CT molecular complexity index is 922. The van der Waals surface area contributed by atoms with Crippen LogP contribution in [0.3, 0.4) is 0 Å². The molecule has 0 unspecified atom stereocenters. The van der Waals surface area contributed by atoms with Gasteiger partial charge in [-0.25, -0.2) is 0 Å². The van der Waals surface area contributed by atoms with Crippen molar-refractivity contribution in [2.45, 2.75) is 24.4 Å². The minimum atomic E-state index is -1.42. The zero-order valence-corrected chi connectivity index (χ0v) is 17.3. The summed E-state index contributed by atoms with van der Waals surface area (Å²) in [5, 5.41) is 5.96. The lowest BCUT2D eigenvalue weighted by Crippen LogP contribution is -2.53. The molecule has 0 radical (unpaired) electrons. The Kier molecular flexibility index (Phi) is 4.96. The molecule has 0 aromatic heterocycles. The molecule has 1 aromatic carbocycles. The lowest BCUT2D eigenvalue weighted by molar-refractivity contribution is -0.143. The fourth-order valence-electron chi connectivity index (χ4n) is 4.81. The number of nitrogens with zero attached hydrogens (tertiary/aromatic N) is 1. The first-order valence-corrected chi connectivity index (χ1v) is 10.1. The second-order valence-corrected chi connectivity index (χ2v) is 8.47. The maximum Gasteiger partial charge on any atom is 0.250 e. The number of carbonyl (C=O) groups is 4. The number of hydrogen-bond donors (Lipinski definition) is 3. The lowest BCUT2D eigenvalue weighted by atomic mass is 9.76. The Morgan fingerprint density at radius 3 is 2.76 bits per heavy atom. The molecule has 154 valence electrons. The number of fused-ring (bicyclic) bond motifs is 4. The normalized spacial score (nSPS) is 30.1. The summed E-state index contributed by atoms with van der Waals surface area (Å²) in [4.78, 5) is 52.5. The van der Waals surface area contributed by atoms with Gasteiger partial charge in [0.1, 0.15) is 5.54 Å². The number of imide groups is 1. The molecule has 4 atom stereocenters. The molecule has 0 bridgehead atoms. The Labute approximate surface area is 175 Å². The number of halogens is 1. The molecular weight excluding hydrogens is 444 g/mol. The van der Waals surface area contributed by atoms with Gasteiger partial charge in [0, 0.05) is 48.4 Å². The van der Waals surface area contributed by atoms with Crippen molar-refractivity contribution in [1.29, 1.82) is 0 Å². The van der Waals surface area contributed by atoms with E-state index in [1.807, 2.05) is 0 Å². The second kappa shape index (κ2) is 7.19. The van der Waals surface area contributed by atoms with E-state index in [4.69, 9.17) is 10.5 Å². The predicted octanol–water partition coefficient (Wildman–Crippen LogP) is 0.0814. The van der Waals surface area contributed by atoms with Crippen LogP contribution < -0.4 is 16.4 Å². The molecule has 9 nitrogen and oxygen atoms in total. The highest BCUT2D eigenvalue weighted by atomic mass is 79.9. The maximum absolute atomic E-state index is 13.3. The van der Waals surface area contributed by atoms with E-state index in [-0.39, 0.29) is 18.9 Å². The molecule has 2 saturated heterocycles. The van der Waals surface area contributed by atoms with Crippen LogP contribution in [0, 0.1) is 11.8 Å². The van der Waals surface area contributed by atoms with Gasteiger partial charge in [0.05, 0.1) is 11.8 Å². The van der Waals surface area contributed by atoms with E-state index < -0.39 is 41.1 Å². The van der Waals surface area contributed by atoms with Crippen LogP contribution in [0.5, 0.6) is 0 Å². The number of nitrogens with one attached hydrogen (secondary N) is 2. The van der Waals surface area contributed by atoms with Gasteiger partial charge >= 0.3 is 0 Å². The predicted molar refractivity (Wildman–Crippen MR) is 105 cm³/mol. The van der Waals surface area contributed by atoms with Gasteiger partial charge in [-0.15, -0.1) is 0 Å². The largest absolute Gasteiger partial charge is 0.385 e. The van der Waals surface area contributed by atoms with Crippen LogP contribution in [0.1, 0.15) is 18.4 Å². The van der Waals surface area contributed by atoms with Crippen LogP contribution >= 0.6 is 15.9 Å². The highest BCUT2D eigenvalue weighted by Crippen LogP contribution is 2.53. The number of ether oxygens (including phenoxy) is 1. The third kappa shape index (κ3) is 2.89. The third-order valence-electron chi connectivity index (χ3n) is 5.92. The quantitative estimate of drug-likeness (QED) is 0.403. The molecule has 4 N–H and O–H groups in total. The van der Waals surface area contributed by atoms with Gasteiger partial charge in [0.15, 0.2) is 0 Å². The Morgan fingerprint density at radius 1 is 1.31 bits per heavy atom. The van der Waals surface area contributed by atoms with Crippen LogP contribution in [0.2, 0.25) is 0 Å². The molecule has 4 rings (SSSR count). The van der Waals surface area contributed by atoms with Crippen molar-refractivity contribution in [3.8, 4) is 0 Å². The van der Waals surface area contributed by atoms with Crippen molar-refractivity contribution in [1.82, 2.24) is 10.2 Å². The van der Waals surface area contributed by atoms with Crippen LogP contribution in [-0.4, -0.2) is 54.8 Å². The lowest BCUT2D eigenvalue weighted by Gasteiger charge is -2.29. The van der Waals surface area contributed by atoms with Gasteiger partial charge in [-0.05, 0) is 24.6 Å². The van der Waals surface area contributed by atoms with Gasteiger partial charge in [0.25, 0.3) is 0 Å². The molecule has 0 saturated carbocycles. The average molecular weight is 465 g/mol. The van der Waals surface area contributed by atoms with Crippen LogP contribution in [0.4, 0.5) is 5.69 Å². The summed E-state index contributed by atoms with van der Waals surface area (Å²) >= 11 is 3.41. The summed E-state index contributed by atoms with van der Waals surface area (Å²) in [6.07, 6.45) is 0.340. The molecule has 3 aliphatic heterocycles. The number of methoxy groups -OCH3 is 1. The first-order valence-electron chi connectivity index (χ1n) is 9.33. The molecule has 4 amide bonds. The highest BCUT2D eigenvalue weighted by Gasteiger charge is 2.70. The second-order valence-electron chi connectivity index (χ2n) is 7.55. The van der Waals surface area contributed by atoms with Gasteiger partial charge in [-0.2, -0.15) is 0 Å². The first kappa shape index (κ1) is 20.0. The number of carbonyl (C=O) groups excluding carboxylic acids is 4. The van der Waals surface area contributed by atoms with Crippen molar-refractivity contribution < 1.29 is 23.9 Å². The fraction of sp³-hybridized carbons (Fsp3) is 0.474. The van der Waals surface area contributed by atoms with Crippen LogP contribution in [-0.2, 0) is 29.5 Å². The average Bonchev–Trinajstić information content (AvgIpc) is 3.22. The van der Waals surface area contributed by atoms with E-state index in [1.54, 1.807) is 25.3 Å². The molecule has 10 heteroatoms. The molecule has 1 aromatic rings. The molecule has 1 spiro atoms. The monoisotopic (exact) mass is 464 g/mol. The smallest absolute Gasteiger partial charge is 0.250 e. The topological polar surface area (TPSA) is 131 Å². The number of rotatable bonds is 6. The Hall–Kier alpha value is -2.30. The Morgan fingerprint density at radius 2 is 2.07 bits per heavy atom. The van der Waals surface area contributed by atoms with Crippen molar-refractivity contribution >= 4 is 45.2 Å². The van der Waals surface area contributed by atoms with Crippen molar-refractivity contribution in [3.05, 3.63) is 28.2 Å². The number of nitrogens with two attached hydrogens (primary N) is 1. The van der Waals surface area contributed by atoms with Crippen LogP contribution in [0.15, 0.2) is 22.7 Å². The summed E-state index contributed by atoms with van der Waals surface area (Å²) in [6.45, 7) is 0.599. The molecule has 3 aliphatic rings. The van der Waals surface area contributed by atoms with Gasteiger partial charge in [0.2, 0.25) is 23.6 Å². The molecule has 3 heterocycles. The summed E-state index contributed by atoms with van der Waals surface area (Å²) in [5.41, 5.74) is 5.12. The summed E-state index contributed by atoms with van der Waals surface area (Å²) in [6, 6.07) is 4.57. The minimum absolute atomic E-state index is 0.148. The van der Waals surface area contributed by atoms with Gasteiger partial charge in [-0.3, -0.25) is 29.4 Å². The molecular formula is C19H21BrN4O5. The summed E-state index contributed by atoms with van der Waals surface area (Å²) in [7, 11) is 1.54. The Balaban J connectivity index is 1.80. The molecule has 0 aliphatic carbocycles. The van der Waals surface area contributed by atoms with Crippen molar-refractivity contribution in [3.63, 3.8) is 0 Å². The van der Waals surface area contributed by atoms with E-state index in [1.165, 1.54) is 4.90 Å². The minimum Gasteiger partial charge on any atom is -0.385 e. The van der Waals surface area contributed by atoms with E-state index >= 15 is 0 Å². The number of primary amides is 1. The molecule has 29 heavy (non-hydrogen) atoms. The van der Waals surface area contributed by atoms with Gasteiger partial charge in [-0.1, -0.05) is 15.9 Å². The summed E-state index contributed by atoms with van der Waals surface area (Å²) in [5.74, 6) is -3.61. The first-order chi connectivity index (χ1) is 13.8. The number of likely N-dealkylation sites (tertiary alicyclic amines) is 1. The van der Waals surface area contributed by atoms with Crippen molar-refractivity contribution in [2.24, 2.45) is 17.6 Å². The van der Waals surface area contributed by atoms with Gasteiger partial charge < -0.3 is 15.8 Å². The number of hydrogen-bond acceptors (Lipinski definition) is 6. The standard InChI is InChI=1S/C19H21BrN4O5/c1-29-6-2-5-24-16(26)14-12(8-13(21)25)23-19(15(14)17(24)27)10-7-9(20)3-4-11(10)22-18(19)28/h3-4,7,12,14-15,23H,2,5-6,8H2,1H3,(H2,21,25)(H,22,28)/t12-,14-,15+,19+/m1/s1. The van der Waals surface area contributed by atoms with Crippen molar-refractivity contribution in [2.75, 3.05) is 25.6 Å². The van der Waals surface area contributed by atoms with Crippen LogP contribution in [0.25, 0.3) is 0 Å². The number of anilines is 1. The zero-order valence-electron chi connectivity index (χ0n) is 15.7. The highest BCUT2D eigenvalue weighted by molar-refractivity contribution is 9.10. The number of amides is 4. The molecule has 2 fully saturated rings. The van der Waals surface area contributed by atoms with E-state index in [0.717, 1.165) is 4.47 Å². The third-order valence-corrected chi connectivity index (χ3v) is 6.41. The van der Waals surface area contributed by atoms with E-state index in [9.17, 15) is 19.2 Å². The zero-order chi connectivity index (χ0) is 20.9. The fourth-order valence-corrected chi connectivity index (χ4v) is 5.17. The SMILES string of the molecule is COCCCN1C(=O)[C@H]2[C@@H](C1=O)[C@]1(N[C@@H]2CC(N)=O)C(=O)Nc2ccc(Br)cc21. The maximum atomic E-state index is 13.3. The summed E-state index contributed by atoms with van der Waals surface area (Å²) < 4.78 is 5.75. The van der Waals surface area contributed by atoms with E-state index in [0.29, 0.717) is 24.3 Å².